The van der Waals surface area contributed by atoms with Crippen molar-refractivity contribution in [2.75, 3.05) is 0 Å². The quantitative estimate of drug-likeness (QED) is 0.0234. The maximum atomic E-state index is 13.1. The molecule has 53 heavy (non-hydrogen) atoms. The third kappa shape index (κ3) is 11.3. The Morgan fingerprint density at radius 1 is 0.528 bits per heavy atom. The fraction of sp³-hybridized carbons (Fsp3) is 0.238. The predicted octanol–water partition coefficient (Wildman–Crippen LogP) is 12.3. The molecule has 270 valence electrons. The zero-order valence-electron chi connectivity index (χ0n) is 29.8. The third-order valence-electron chi connectivity index (χ3n) is 8.33. The van der Waals surface area contributed by atoms with Crippen LogP contribution in [-0.2, 0) is 12.8 Å². The maximum absolute atomic E-state index is 13.1. The highest BCUT2D eigenvalue weighted by molar-refractivity contribution is 6.03. The molecule has 0 saturated heterocycles. The van der Waals surface area contributed by atoms with Gasteiger partial charge < -0.3 is 9.47 Å². The number of azo groups is 2. The van der Waals surface area contributed by atoms with Gasteiger partial charge in [-0.15, -0.1) is 0 Å². The first-order valence-corrected chi connectivity index (χ1v) is 17.8. The van der Waals surface area contributed by atoms with E-state index in [9.17, 15) is 19.7 Å². The Labute approximate surface area is 308 Å². The van der Waals surface area contributed by atoms with E-state index in [1.807, 2.05) is 48.5 Å². The number of benzene rings is 5. The zero-order chi connectivity index (χ0) is 37.4. The average Bonchev–Trinajstić information content (AvgIpc) is 3.18. The van der Waals surface area contributed by atoms with Crippen molar-refractivity contribution in [1.29, 1.82) is 0 Å². The fourth-order valence-corrected chi connectivity index (χ4v) is 5.40. The second-order valence-corrected chi connectivity index (χ2v) is 12.4. The summed E-state index contributed by atoms with van der Waals surface area (Å²) >= 11 is 0. The molecule has 11 heteroatoms. The molecular formula is C42H41N5O6. The van der Waals surface area contributed by atoms with Crippen LogP contribution in [0.2, 0.25) is 0 Å². The lowest BCUT2D eigenvalue weighted by Crippen LogP contribution is -2.16. The van der Waals surface area contributed by atoms with E-state index in [1.165, 1.54) is 79.3 Å². The summed E-state index contributed by atoms with van der Waals surface area (Å²) in [7, 11) is 0. The molecule has 0 radical (unpaired) electrons. The van der Waals surface area contributed by atoms with Gasteiger partial charge in [0.2, 0.25) is 0 Å². The third-order valence-corrected chi connectivity index (χ3v) is 8.33. The van der Waals surface area contributed by atoms with Gasteiger partial charge in [-0.2, -0.15) is 20.5 Å². The molecule has 0 aliphatic carbocycles. The summed E-state index contributed by atoms with van der Waals surface area (Å²) in [5, 5.41) is 29.1. The molecule has 0 atom stereocenters. The normalized spacial score (nSPS) is 11.2. The number of unbranched alkanes of at least 4 members (excludes halogenated alkanes) is 4. The summed E-state index contributed by atoms with van der Waals surface area (Å²) in [6.45, 7) is 4.36. The number of hydrogen-bond acceptors (Lipinski definition) is 10. The number of nitrogens with zero attached hydrogens (tertiary/aromatic N) is 5. The number of hydrogen-bond donors (Lipinski definition) is 0. The van der Waals surface area contributed by atoms with Crippen molar-refractivity contribution in [3.05, 3.63) is 148 Å². The van der Waals surface area contributed by atoms with E-state index in [0.29, 0.717) is 22.7 Å². The molecule has 0 aromatic heterocycles. The number of nitro benzene ring substituents is 1. The van der Waals surface area contributed by atoms with Crippen LogP contribution >= 0.6 is 0 Å². The highest BCUT2D eigenvalue weighted by Crippen LogP contribution is 2.29. The molecular weight excluding hydrogens is 670 g/mol. The van der Waals surface area contributed by atoms with Crippen LogP contribution in [0.15, 0.2) is 136 Å². The van der Waals surface area contributed by atoms with Crippen LogP contribution < -0.4 is 9.47 Å². The smallest absolute Gasteiger partial charge is 0.350 e. The van der Waals surface area contributed by atoms with Crippen LogP contribution in [0.1, 0.15) is 84.2 Å². The molecule has 0 aliphatic heterocycles. The van der Waals surface area contributed by atoms with Crippen LogP contribution in [-0.4, -0.2) is 16.9 Å². The standard InChI is InChI=1S/C42H41N5O6/c1-3-5-7-10-30-14-18-32(19-15-30)43-45-34-22-26-36(27-23-34)52-41(48)38-12-9-13-39(40(38)47(50)51)42(49)53-37-28-24-35(25-29-37)46-44-33-20-16-31(17-21-33)11-8-6-4-2/h9,12-29H,3-8,10-11H2,1-2H3. The molecule has 5 aromatic carbocycles. The molecule has 0 aliphatic rings. The summed E-state index contributed by atoms with van der Waals surface area (Å²) < 4.78 is 10.8. The van der Waals surface area contributed by atoms with Gasteiger partial charge in [-0.3, -0.25) is 10.1 Å². The van der Waals surface area contributed by atoms with Crippen molar-refractivity contribution >= 4 is 40.4 Å². The van der Waals surface area contributed by atoms with Crippen molar-refractivity contribution in [2.24, 2.45) is 20.5 Å². The van der Waals surface area contributed by atoms with E-state index in [0.717, 1.165) is 25.7 Å². The second kappa shape index (κ2) is 19.3. The number of nitro groups is 1. The van der Waals surface area contributed by atoms with Crippen LogP contribution in [0, 0.1) is 10.1 Å². The van der Waals surface area contributed by atoms with Gasteiger partial charge in [0.1, 0.15) is 22.6 Å². The molecule has 0 unspecified atom stereocenters. The van der Waals surface area contributed by atoms with Crippen molar-refractivity contribution in [3.63, 3.8) is 0 Å². The number of para-hydroxylation sites is 1. The van der Waals surface area contributed by atoms with Crippen molar-refractivity contribution < 1.29 is 24.0 Å². The first-order chi connectivity index (χ1) is 25.8. The molecule has 0 amide bonds. The van der Waals surface area contributed by atoms with Crippen LogP contribution in [0.5, 0.6) is 11.5 Å². The summed E-state index contributed by atoms with van der Waals surface area (Å²) in [6.07, 6.45) is 9.12. The average molecular weight is 712 g/mol. The predicted molar refractivity (Wildman–Crippen MR) is 204 cm³/mol. The van der Waals surface area contributed by atoms with E-state index in [-0.39, 0.29) is 11.5 Å². The second-order valence-electron chi connectivity index (χ2n) is 12.4. The lowest BCUT2D eigenvalue weighted by atomic mass is 10.1. The Balaban J connectivity index is 1.19. The van der Waals surface area contributed by atoms with Gasteiger partial charge >= 0.3 is 11.9 Å². The minimum atomic E-state index is -1.01. The zero-order valence-corrected chi connectivity index (χ0v) is 29.8. The van der Waals surface area contributed by atoms with Gasteiger partial charge in [0, 0.05) is 0 Å². The summed E-state index contributed by atoms with van der Waals surface area (Å²) in [6, 6.07) is 32.0. The Kier molecular flexibility index (Phi) is 13.8. The van der Waals surface area contributed by atoms with E-state index in [4.69, 9.17) is 9.47 Å². The minimum absolute atomic E-state index is 0.129. The van der Waals surface area contributed by atoms with Crippen LogP contribution in [0.4, 0.5) is 28.4 Å². The monoisotopic (exact) mass is 711 g/mol. The number of esters is 2. The van der Waals surface area contributed by atoms with Gasteiger partial charge in [0.05, 0.1) is 27.7 Å². The molecule has 11 nitrogen and oxygen atoms in total. The highest BCUT2D eigenvalue weighted by Gasteiger charge is 2.30. The molecule has 0 bridgehead atoms. The maximum Gasteiger partial charge on any atom is 0.350 e. The van der Waals surface area contributed by atoms with E-state index in [2.05, 4.69) is 34.3 Å². The summed E-state index contributed by atoms with van der Waals surface area (Å²) in [5.74, 6) is -1.77. The number of rotatable bonds is 17. The molecule has 0 heterocycles. The minimum Gasteiger partial charge on any atom is -0.423 e. The highest BCUT2D eigenvalue weighted by atomic mass is 16.6. The van der Waals surface area contributed by atoms with Crippen molar-refractivity contribution in [3.8, 4) is 11.5 Å². The molecule has 0 N–H and O–H groups in total. The van der Waals surface area contributed by atoms with Gasteiger partial charge in [0.25, 0.3) is 5.69 Å². The molecule has 0 fully saturated rings. The Morgan fingerprint density at radius 3 is 1.19 bits per heavy atom. The Hall–Kier alpha value is -6.36. The van der Waals surface area contributed by atoms with Gasteiger partial charge in [-0.05, 0) is 122 Å². The summed E-state index contributed by atoms with van der Waals surface area (Å²) in [4.78, 5) is 37.5. The van der Waals surface area contributed by atoms with Gasteiger partial charge in [-0.1, -0.05) is 69.9 Å². The van der Waals surface area contributed by atoms with Crippen molar-refractivity contribution in [1.82, 2.24) is 0 Å². The lowest BCUT2D eigenvalue weighted by Gasteiger charge is -2.09. The van der Waals surface area contributed by atoms with E-state index in [1.54, 1.807) is 24.3 Å². The molecule has 0 saturated carbocycles. The van der Waals surface area contributed by atoms with Crippen LogP contribution in [0.3, 0.4) is 0 Å². The van der Waals surface area contributed by atoms with E-state index >= 15 is 0 Å². The number of ether oxygens (including phenoxy) is 2. The Morgan fingerprint density at radius 2 is 0.868 bits per heavy atom. The molecule has 5 rings (SSSR count). The summed E-state index contributed by atoms with van der Waals surface area (Å²) in [5.41, 5.74) is 3.42. The lowest BCUT2D eigenvalue weighted by molar-refractivity contribution is -0.385. The molecule has 5 aromatic rings. The van der Waals surface area contributed by atoms with Gasteiger partial charge in [0.15, 0.2) is 0 Å². The largest absolute Gasteiger partial charge is 0.423 e. The first-order valence-electron chi connectivity index (χ1n) is 17.8. The molecule has 0 spiro atoms. The topological polar surface area (TPSA) is 145 Å². The fourth-order valence-electron chi connectivity index (χ4n) is 5.40. The van der Waals surface area contributed by atoms with Gasteiger partial charge in [-0.25, -0.2) is 9.59 Å². The SMILES string of the molecule is CCCCCc1ccc(N=Nc2ccc(OC(=O)c3cccc(C(=O)Oc4ccc(N=Nc5ccc(CCCCC)cc5)cc4)c3[N+](=O)[O-])cc2)cc1. The van der Waals surface area contributed by atoms with Crippen LogP contribution in [0.25, 0.3) is 0 Å². The van der Waals surface area contributed by atoms with E-state index < -0.39 is 33.7 Å². The Bertz CT molecular complexity index is 1900. The number of carbonyl (C=O) groups is 2. The number of carbonyl (C=O) groups excluding carboxylic acids is 2. The number of aryl methyl sites for hydroxylation is 2. The first kappa shape index (κ1) is 37.9. The van der Waals surface area contributed by atoms with Crippen molar-refractivity contribution in [2.45, 2.75) is 65.2 Å².